The van der Waals surface area contributed by atoms with Gasteiger partial charge < -0.3 is 10.2 Å². The molecule has 0 fully saturated rings. The van der Waals surface area contributed by atoms with E-state index in [1.54, 1.807) is 12.1 Å². The van der Waals surface area contributed by atoms with Gasteiger partial charge in [0.1, 0.15) is 5.52 Å². The Morgan fingerprint density at radius 1 is 1.22 bits per heavy atom. The van der Waals surface area contributed by atoms with E-state index in [0.29, 0.717) is 16.6 Å². The molecular weight excluding hydrogens is 248 g/mol. The third-order valence-electron chi connectivity index (χ3n) is 2.86. The van der Waals surface area contributed by atoms with E-state index in [0.717, 1.165) is 22.2 Å². The Morgan fingerprint density at radius 2 is 2.06 bits per heavy atom. The molecule has 0 saturated carbocycles. The molecule has 4 heteroatoms. The van der Waals surface area contributed by atoms with Crippen LogP contribution in [-0.4, -0.2) is 4.98 Å². The highest BCUT2D eigenvalue weighted by molar-refractivity contribution is 6.31. The number of hydrogen-bond acceptors (Lipinski definition) is 3. The van der Waals surface area contributed by atoms with Crippen LogP contribution in [0.3, 0.4) is 0 Å². The monoisotopic (exact) mass is 258 g/mol. The van der Waals surface area contributed by atoms with Crippen LogP contribution < -0.4 is 5.73 Å². The molecule has 0 bridgehead atoms. The average Bonchev–Trinajstić information content (AvgIpc) is 2.74. The Balaban J connectivity index is 2.23. The second kappa shape index (κ2) is 4.03. The molecule has 0 atom stereocenters. The van der Waals surface area contributed by atoms with Crippen molar-refractivity contribution in [2.45, 2.75) is 6.92 Å². The molecule has 0 aliphatic rings. The molecule has 0 saturated heterocycles. The zero-order valence-corrected chi connectivity index (χ0v) is 10.5. The first-order valence-corrected chi connectivity index (χ1v) is 5.94. The van der Waals surface area contributed by atoms with Gasteiger partial charge in [0.15, 0.2) is 5.58 Å². The molecule has 3 aromatic rings. The number of aryl methyl sites for hydroxylation is 1. The summed E-state index contributed by atoms with van der Waals surface area (Å²) in [5.74, 6) is 0.522. The zero-order valence-electron chi connectivity index (χ0n) is 9.77. The van der Waals surface area contributed by atoms with Crippen molar-refractivity contribution >= 4 is 28.4 Å². The Morgan fingerprint density at radius 3 is 2.78 bits per heavy atom. The van der Waals surface area contributed by atoms with Gasteiger partial charge in [-0.3, -0.25) is 0 Å². The van der Waals surface area contributed by atoms with Crippen molar-refractivity contribution in [3.8, 4) is 11.5 Å². The van der Waals surface area contributed by atoms with Crippen LogP contribution in [0.1, 0.15) is 5.56 Å². The smallest absolute Gasteiger partial charge is 0.229 e. The van der Waals surface area contributed by atoms with E-state index in [2.05, 4.69) is 4.98 Å². The SMILES string of the molecule is Cc1cccc2nc(-c3ccc(Cl)cc3N)oc12. The average molecular weight is 259 g/mol. The Labute approximate surface area is 109 Å². The number of halogens is 1. The predicted molar refractivity (Wildman–Crippen MR) is 73.6 cm³/mol. The van der Waals surface area contributed by atoms with Gasteiger partial charge in [0.25, 0.3) is 0 Å². The summed E-state index contributed by atoms with van der Waals surface area (Å²) >= 11 is 5.88. The van der Waals surface area contributed by atoms with Crippen LogP contribution in [0.5, 0.6) is 0 Å². The lowest BCUT2D eigenvalue weighted by Crippen LogP contribution is -1.89. The molecule has 3 nitrogen and oxygen atoms in total. The lowest BCUT2D eigenvalue weighted by Gasteiger charge is -2.00. The van der Waals surface area contributed by atoms with Crippen LogP contribution in [0.25, 0.3) is 22.6 Å². The van der Waals surface area contributed by atoms with E-state index >= 15 is 0 Å². The number of nitrogen functional groups attached to an aromatic ring is 1. The fourth-order valence-corrected chi connectivity index (χ4v) is 2.11. The molecule has 0 unspecified atom stereocenters. The summed E-state index contributed by atoms with van der Waals surface area (Å²) in [5, 5.41) is 0.601. The van der Waals surface area contributed by atoms with Crippen LogP contribution in [0.15, 0.2) is 40.8 Å². The largest absolute Gasteiger partial charge is 0.436 e. The molecule has 0 aliphatic carbocycles. The van der Waals surface area contributed by atoms with Gasteiger partial charge in [-0.25, -0.2) is 4.98 Å². The van der Waals surface area contributed by atoms with Gasteiger partial charge in [0.05, 0.1) is 5.56 Å². The molecule has 0 radical (unpaired) electrons. The number of fused-ring (bicyclic) bond motifs is 1. The third-order valence-corrected chi connectivity index (χ3v) is 3.09. The molecule has 0 amide bonds. The summed E-state index contributed by atoms with van der Waals surface area (Å²) < 4.78 is 5.77. The van der Waals surface area contributed by atoms with Crippen LogP contribution in [-0.2, 0) is 0 Å². The summed E-state index contributed by atoms with van der Waals surface area (Å²) in [5.41, 5.74) is 9.93. The highest BCUT2D eigenvalue weighted by Crippen LogP contribution is 2.31. The number of benzene rings is 2. The molecule has 90 valence electrons. The van der Waals surface area contributed by atoms with Gasteiger partial charge in [-0.05, 0) is 36.8 Å². The number of hydrogen-bond donors (Lipinski definition) is 1. The lowest BCUT2D eigenvalue weighted by atomic mass is 10.2. The summed E-state index contributed by atoms with van der Waals surface area (Å²) in [6, 6.07) is 11.1. The zero-order chi connectivity index (χ0) is 12.7. The maximum absolute atomic E-state index is 5.93. The summed E-state index contributed by atoms with van der Waals surface area (Å²) in [7, 11) is 0. The van der Waals surface area contributed by atoms with Gasteiger partial charge in [-0.15, -0.1) is 0 Å². The summed E-state index contributed by atoms with van der Waals surface area (Å²) in [6.45, 7) is 1.99. The van der Waals surface area contributed by atoms with Crippen molar-refractivity contribution in [2.75, 3.05) is 5.73 Å². The molecule has 0 aliphatic heterocycles. The fraction of sp³-hybridized carbons (Fsp3) is 0.0714. The highest BCUT2D eigenvalue weighted by atomic mass is 35.5. The minimum Gasteiger partial charge on any atom is -0.436 e. The first-order valence-electron chi connectivity index (χ1n) is 5.57. The molecule has 3 rings (SSSR count). The quantitative estimate of drug-likeness (QED) is 0.670. The molecule has 18 heavy (non-hydrogen) atoms. The van der Waals surface area contributed by atoms with E-state index in [-0.39, 0.29) is 0 Å². The first-order chi connectivity index (χ1) is 8.65. The number of anilines is 1. The molecule has 1 heterocycles. The van der Waals surface area contributed by atoms with E-state index in [4.69, 9.17) is 21.8 Å². The van der Waals surface area contributed by atoms with E-state index < -0.39 is 0 Å². The summed E-state index contributed by atoms with van der Waals surface area (Å²) in [6.07, 6.45) is 0. The van der Waals surface area contributed by atoms with Crippen molar-refractivity contribution in [3.05, 3.63) is 47.0 Å². The van der Waals surface area contributed by atoms with Crippen LogP contribution in [0.4, 0.5) is 5.69 Å². The standard InChI is InChI=1S/C14H11ClN2O/c1-8-3-2-4-12-13(8)18-14(17-12)10-6-5-9(15)7-11(10)16/h2-7H,16H2,1H3. The maximum atomic E-state index is 5.93. The van der Waals surface area contributed by atoms with Gasteiger partial charge in [0.2, 0.25) is 5.89 Å². The van der Waals surface area contributed by atoms with Crippen molar-refractivity contribution in [1.29, 1.82) is 0 Å². The van der Waals surface area contributed by atoms with E-state index in [1.165, 1.54) is 0 Å². The number of nitrogens with zero attached hydrogens (tertiary/aromatic N) is 1. The number of rotatable bonds is 1. The van der Waals surface area contributed by atoms with Gasteiger partial charge in [-0.1, -0.05) is 23.7 Å². The molecule has 1 aromatic heterocycles. The molecule has 2 N–H and O–H groups in total. The van der Waals surface area contributed by atoms with Gasteiger partial charge >= 0.3 is 0 Å². The minimum absolute atomic E-state index is 0.522. The number of aromatic nitrogens is 1. The fourth-order valence-electron chi connectivity index (χ4n) is 1.93. The number of oxazole rings is 1. The lowest BCUT2D eigenvalue weighted by molar-refractivity contribution is 0.617. The van der Waals surface area contributed by atoms with E-state index in [1.807, 2.05) is 31.2 Å². The third kappa shape index (κ3) is 1.73. The molecule has 0 spiro atoms. The molecular formula is C14H11ClN2O. The maximum Gasteiger partial charge on any atom is 0.229 e. The van der Waals surface area contributed by atoms with Crippen LogP contribution in [0.2, 0.25) is 5.02 Å². The molecule has 2 aromatic carbocycles. The highest BCUT2D eigenvalue weighted by Gasteiger charge is 2.12. The first kappa shape index (κ1) is 11.1. The van der Waals surface area contributed by atoms with Crippen LogP contribution >= 0.6 is 11.6 Å². The van der Waals surface area contributed by atoms with Crippen LogP contribution in [0, 0.1) is 6.92 Å². The topological polar surface area (TPSA) is 52.0 Å². The second-order valence-electron chi connectivity index (χ2n) is 4.17. The second-order valence-corrected chi connectivity index (χ2v) is 4.61. The predicted octanol–water partition coefficient (Wildman–Crippen LogP) is 4.04. The Hall–Kier alpha value is -2.00. The van der Waals surface area contributed by atoms with Gasteiger partial charge in [-0.2, -0.15) is 0 Å². The van der Waals surface area contributed by atoms with Crippen molar-refractivity contribution in [1.82, 2.24) is 4.98 Å². The van der Waals surface area contributed by atoms with Crippen molar-refractivity contribution in [3.63, 3.8) is 0 Å². The number of para-hydroxylation sites is 1. The van der Waals surface area contributed by atoms with Crippen molar-refractivity contribution < 1.29 is 4.42 Å². The summed E-state index contributed by atoms with van der Waals surface area (Å²) in [4.78, 5) is 4.44. The number of nitrogens with two attached hydrogens (primary N) is 1. The normalized spacial score (nSPS) is 11.0. The van der Waals surface area contributed by atoms with Crippen molar-refractivity contribution in [2.24, 2.45) is 0 Å². The minimum atomic E-state index is 0.522. The Kier molecular flexibility index (Phi) is 2.49. The van der Waals surface area contributed by atoms with Gasteiger partial charge in [0, 0.05) is 10.7 Å². The Bertz CT molecular complexity index is 734. The van der Waals surface area contributed by atoms with E-state index in [9.17, 15) is 0 Å².